The van der Waals surface area contributed by atoms with Gasteiger partial charge in [0.1, 0.15) is 0 Å². The molecule has 30 heavy (non-hydrogen) atoms. The van der Waals surface area contributed by atoms with Crippen molar-refractivity contribution in [1.29, 1.82) is 0 Å². The highest BCUT2D eigenvalue weighted by Crippen LogP contribution is 2.33. The molecule has 0 aliphatic carbocycles. The molecular formula is C24H18Cl2N2OS. The van der Waals surface area contributed by atoms with Crippen molar-refractivity contribution in [3.8, 4) is 11.3 Å². The van der Waals surface area contributed by atoms with E-state index in [1.807, 2.05) is 47.8 Å². The van der Waals surface area contributed by atoms with Gasteiger partial charge in [-0.05, 0) is 29.3 Å². The van der Waals surface area contributed by atoms with Crippen molar-refractivity contribution in [2.75, 3.05) is 5.32 Å². The van der Waals surface area contributed by atoms with Gasteiger partial charge in [0, 0.05) is 28.3 Å². The van der Waals surface area contributed by atoms with E-state index in [0.717, 1.165) is 16.7 Å². The highest BCUT2D eigenvalue weighted by Gasteiger charge is 2.19. The molecule has 6 heteroatoms. The third-order valence-corrected chi connectivity index (χ3v) is 6.06. The van der Waals surface area contributed by atoms with Gasteiger partial charge in [-0.2, -0.15) is 0 Å². The molecule has 1 heterocycles. The predicted octanol–water partition coefficient (Wildman–Crippen LogP) is 7.28. The molecule has 0 spiro atoms. The van der Waals surface area contributed by atoms with Crippen LogP contribution in [0.25, 0.3) is 11.3 Å². The lowest BCUT2D eigenvalue weighted by Gasteiger charge is -2.17. The Morgan fingerprint density at radius 1 is 0.933 bits per heavy atom. The van der Waals surface area contributed by atoms with Crippen LogP contribution in [0, 0.1) is 0 Å². The molecule has 0 fully saturated rings. The number of rotatable bonds is 6. The van der Waals surface area contributed by atoms with Gasteiger partial charge in [-0.25, -0.2) is 4.98 Å². The number of nitrogens with one attached hydrogen (secondary N) is 1. The van der Waals surface area contributed by atoms with E-state index in [-0.39, 0.29) is 11.8 Å². The second kappa shape index (κ2) is 9.43. The smallest absolute Gasteiger partial charge is 0.227 e. The number of halogens is 2. The fraction of sp³-hybridized carbons (Fsp3) is 0.0833. The maximum atomic E-state index is 12.8. The average molecular weight is 453 g/mol. The summed E-state index contributed by atoms with van der Waals surface area (Å²) in [4.78, 5) is 17.4. The number of anilines is 1. The Morgan fingerprint density at radius 2 is 1.57 bits per heavy atom. The van der Waals surface area contributed by atoms with E-state index in [4.69, 9.17) is 23.2 Å². The first-order valence-electron chi connectivity index (χ1n) is 9.41. The van der Waals surface area contributed by atoms with Crippen molar-refractivity contribution >= 4 is 45.6 Å². The van der Waals surface area contributed by atoms with Crippen molar-refractivity contribution in [2.24, 2.45) is 0 Å². The van der Waals surface area contributed by atoms with Crippen molar-refractivity contribution in [3.63, 3.8) is 0 Å². The molecule has 1 amide bonds. The lowest BCUT2D eigenvalue weighted by molar-refractivity contribution is -0.116. The van der Waals surface area contributed by atoms with Crippen LogP contribution in [-0.2, 0) is 4.79 Å². The molecule has 0 aliphatic heterocycles. The van der Waals surface area contributed by atoms with Crippen LogP contribution in [0.1, 0.15) is 23.5 Å². The molecule has 4 rings (SSSR count). The summed E-state index contributed by atoms with van der Waals surface area (Å²) in [6.45, 7) is 0. The lowest BCUT2D eigenvalue weighted by Crippen LogP contribution is -2.16. The van der Waals surface area contributed by atoms with E-state index >= 15 is 0 Å². The van der Waals surface area contributed by atoms with Crippen molar-refractivity contribution < 1.29 is 4.79 Å². The molecule has 0 saturated heterocycles. The number of benzene rings is 3. The fourth-order valence-electron chi connectivity index (χ4n) is 3.31. The minimum atomic E-state index is -0.0872. The SMILES string of the molecule is O=C(CC(c1ccccc1)c1ccccc1)Nc1nc(-c2ccc(Cl)cc2Cl)cs1. The summed E-state index contributed by atoms with van der Waals surface area (Å²) >= 11 is 13.6. The maximum Gasteiger partial charge on any atom is 0.227 e. The summed E-state index contributed by atoms with van der Waals surface area (Å²) in [7, 11) is 0. The van der Waals surface area contributed by atoms with E-state index < -0.39 is 0 Å². The predicted molar refractivity (Wildman–Crippen MR) is 126 cm³/mol. The van der Waals surface area contributed by atoms with Crippen LogP contribution >= 0.6 is 34.5 Å². The van der Waals surface area contributed by atoms with Gasteiger partial charge in [0.15, 0.2) is 5.13 Å². The molecule has 0 bridgehead atoms. The molecule has 0 saturated carbocycles. The van der Waals surface area contributed by atoms with E-state index in [1.165, 1.54) is 11.3 Å². The van der Waals surface area contributed by atoms with Gasteiger partial charge in [0.2, 0.25) is 5.91 Å². The molecule has 0 radical (unpaired) electrons. The van der Waals surface area contributed by atoms with Crippen molar-refractivity contribution in [2.45, 2.75) is 12.3 Å². The molecule has 1 N–H and O–H groups in total. The van der Waals surface area contributed by atoms with Crippen molar-refractivity contribution in [3.05, 3.63) is 105 Å². The van der Waals surface area contributed by atoms with Crippen LogP contribution < -0.4 is 5.32 Å². The fourth-order valence-corrected chi connectivity index (χ4v) is 4.54. The largest absolute Gasteiger partial charge is 0.302 e. The zero-order valence-electron chi connectivity index (χ0n) is 15.9. The van der Waals surface area contributed by atoms with E-state index in [9.17, 15) is 4.79 Å². The van der Waals surface area contributed by atoms with Crippen LogP contribution in [0.5, 0.6) is 0 Å². The Bertz CT molecular complexity index is 1110. The highest BCUT2D eigenvalue weighted by molar-refractivity contribution is 7.14. The third kappa shape index (κ3) is 4.90. The number of amides is 1. The minimum Gasteiger partial charge on any atom is -0.302 e. The Balaban J connectivity index is 1.51. The molecule has 3 nitrogen and oxygen atoms in total. The number of carbonyl (C=O) groups is 1. The Hall–Kier alpha value is -2.66. The second-order valence-electron chi connectivity index (χ2n) is 6.79. The van der Waals surface area contributed by atoms with E-state index in [2.05, 4.69) is 34.6 Å². The molecule has 4 aromatic rings. The third-order valence-electron chi connectivity index (χ3n) is 4.75. The zero-order chi connectivity index (χ0) is 20.9. The van der Waals surface area contributed by atoms with Gasteiger partial charge < -0.3 is 5.32 Å². The van der Waals surface area contributed by atoms with E-state index in [0.29, 0.717) is 27.3 Å². The molecule has 1 aromatic heterocycles. The van der Waals surface area contributed by atoms with Gasteiger partial charge in [-0.15, -0.1) is 11.3 Å². The number of hydrogen-bond donors (Lipinski definition) is 1. The van der Waals surface area contributed by atoms with Gasteiger partial charge in [-0.1, -0.05) is 83.9 Å². The van der Waals surface area contributed by atoms with Crippen LogP contribution in [0.2, 0.25) is 10.0 Å². The standard InChI is InChI=1S/C24H18Cl2N2OS/c25-18-11-12-19(21(26)13-18)22-15-30-24(27-22)28-23(29)14-20(16-7-3-1-4-8-16)17-9-5-2-6-10-17/h1-13,15,20H,14H2,(H,27,28,29). The first kappa shape index (κ1) is 20.6. The molecule has 0 aliphatic rings. The van der Waals surface area contributed by atoms with Gasteiger partial charge in [-0.3, -0.25) is 4.79 Å². The minimum absolute atomic E-state index is 0.0301. The van der Waals surface area contributed by atoms with Crippen LogP contribution in [0.15, 0.2) is 84.2 Å². The van der Waals surface area contributed by atoms with Crippen molar-refractivity contribution in [1.82, 2.24) is 4.98 Å². The monoisotopic (exact) mass is 452 g/mol. The second-order valence-corrected chi connectivity index (χ2v) is 8.49. The first-order chi connectivity index (χ1) is 14.6. The Labute approximate surface area is 189 Å². The lowest BCUT2D eigenvalue weighted by atomic mass is 9.88. The number of thiazole rings is 1. The Kier molecular flexibility index (Phi) is 6.48. The number of carbonyl (C=O) groups excluding carboxylic acids is 1. The molecule has 0 atom stereocenters. The summed E-state index contributed by atoms with van der Waals surface area (Å²) in [5.74, 6) is -0.117. The quantitative estimate of drug-likeness (QED) is 0.333. The number of hydrogen-bond acceptors (Lipinski definition) is 3. The number of nitrogens with zero attached hydrogens (tertiary/aromatic N) is 1. The van der Waals surface area contributed by atoms with Crippen LogP contribution in [-0.4, -0.2) is 10.9 Å². The normalized spacial score (nSPS) is 10.9. The summed E-state index contributed by atoms with van der Waals surface area (Å²) in [6.07, 6.45) is 0.324. The summed E-state index contributed by atoms with van der Waals surface area (Å²) in [6, 6.07) is 25.4. The molecule has 3 aromatic carbocycles. The van der Waals surface area contributed by atoms with Gasteiger partial charge in [0.25, 0.3) is 0 Å². The summed E-state index contributed by atoms with van der Waals surface area (Å²) < 4.78 is 0. The summed E-state index contributed by atoms with van der Waals surface area (Å²) in [5, 5.41) is 6.44. The van der Waals surface area contributed by atoms with Gasteiger partial charge in [0.05, 0.1) is 10.7 Å². The molecular weight excluding hydrogens is 435 g/mol. The van der Waals surface area contributed by atoms with Gasteiger partial charge >= 0.3 is 0 Å². The van der Waals surface area contributed by atoms with Crippen LogP contribution in [0.3, 0.4) is 0 Å². The summed E-state index contributed by atoms with van der Waals surface area (Å²) in [5.41, 5.74) is 3.70. The molecule has 150 valence electrons. The highest BCUT2D eigenvalue weighted by atomic mass is 35.5. The Morgan fingerprint density at radius 3 is 2.17 bits per heavy atom. The average Bonchev–Trinajstić information content (AvgIpc) is 3.21. The number of aromatic nitrogens is 1. The first-order valence-corrected chi connectivity index (χ1v) is 11.0. The van der Waals surface area contributed by atoms with Crippen LogP contribution in [0.4, 0.5) is 5.13 Å². The zero-order valence-corrected chi connectivity index (χ0v) is 18.2. The maximum absolute atomic E-state index is 12.8. The van der Waals surface area contributed by atoms with E-state index in [1.54, 1.807) is 12.1 Å². The molecule has 0 unspecified atom stereocenters. The topological polar surface area (TPSA) is 42.0 Å².